The van der Waals surface area contributed by atoms with Crippen LogP contribution in [-0.4, -0.2) is 23.2 Å². The Balaban J connectivity index is 0.00000169. The summed E-state index contributed by atoms with van der Waals surface area (Å²) in [6.45, 7) is 0. The average Bonchev–Trinajstić information content (AvgIpc) is 2.03. The monoisotopic (exact) mass is 281 g/mol. The van der Waals surface area contributed by atoms with Gasteiger partial charge in [0.1, 0.15) is 0 Å². The fourth-order valence-electron chi connectivity index (χ4n) is 0.942. The Kier molecular flexibility index (Phi) is 5.49. The van der Waals surface area contributed by atoms with E-state index in [2.05, 4.69) is 20.9 Å². The highest BCUT2D eigenvalue weighted by Gasteiger charge is 2.08. The van der Waals surface area contributed by atoms with Gasteiger partial charge in [-0.05, 0) is 22.0 Å². The first kappa shape index (κ1) is 13.2. The van der Waals surface area contributed by atoms with Crippen molar-refractivity contribution in [3.8, 4) is 5.88 Å². The van der Waals surface area contributed by atoms with Crippen LogP contribution in [0.2, 0.25) is 0 Å². The largest absolute Gasteiger partial charge is 0.481 e. The zero-order valence-electron chi connectivity index (χ0n) is 7.36. The lowest BCUT2D eigenvalue weighted by Gasteiger charge is -2.04. The Morgan fingerprint density at radius 3 is 2.86 bits per heavy atom. The standard InChI is InChI=1S/C8H8BrNO3.ClH/c1-13-8-5(3-7(11)12)2-6(9)4-10-8;/h2,4H,3H2,1H3,(H,11,12);1H. The molecular formula is C8H9BrClNO3. The molecule has 0 bridgehead atoms. The van der Waals surface area contributed by atoms with Gasteiger partial charge < -0.3 is 9.84 Å². The molecule has 4 nitrogen and oxygen atoms in total. The molecule has 0 saturated heterocycles. The van der Waals surface area contributed by atoms with Gasteiger partial charge in [0, 0.05) is 16.2 Å². The Labute approximate surface area is 95.8 Å². The highest BCUT2D eigenvalue weighted by molar-refractivity contribution is 9.10. The van der Waals surface area contributed by atoms with Crippen molar-refractivity contribution in [1.82, 2.24) is 4.98 Å². The molecule has 14 heavy (non-hydrogen) atoms. The van der Waals surface area contributed by atoms with Crippen LogP contribution < -0.4 is 4.74 Å². The van der Waals surface area contributed by atoms with E-state index in [9.17, 15) is 4.79 Å². The van der Waals surface area contributed by atoms with Gasteiger partial charge in [-0.25, -0.2) is 4.98 Å². The van der Waals surface area contributed by atoms with Crippen molar-refractivity contribution in [2.24, 2.45) is 0 Å². The van der Waals surface area contributed by atoms with Crippen LogP contribution in [0.1, 0.15) is 5.56 Å². The van der Waals surface area contributed by atoms with Crippen LogP contribution in [0.25, 0.3) is 0 Å². The molecule has 0 saturated carbocycles. The van der Waals surface area contributed by atoms with E-state index in [1.807, 2.05) is 0 Å². The molecule has 0 unspecified atom stereocenters. The van der Waals surface area contributed by atoms with Gasteiger partial charge in [0.15, 0.2) is 0 Å². The molecular weight excluding hydrogens is 273 g/mol. The van der Waals surface area contributed by atoms with Crippen molar-refractivity contribution in [1.29, 1.82) is 0 Å². The van der Waals surface area contributed by atoms with Crippen molar-refractivity contribution >= 4 is 34.3 Å². The summed E-state index contributed by atoms with van der Waals surface area (Å²) in [6, 6.07) is 1.68. The average molecular weight is 283 g/mol. The molecule has 1 aromatic heterocycles. The van der Waals surface area contributed by atoms with Crippen molar-refractivity contribution in [2.75, 3.05) is 7.11 Å². The van der Waals surface area contributed by atoms with Crippen LogP contribution >= 0.6 is 28.3 Å². The van der Waals surface area contributed by atoms with E-state index < -0.39 is 5.97 Å². The Bertz CT molecular complexity index is 332. The van der Waals surface area contributed by atoms with Crippen LogP contribution in [0.3, 0.4) is 0 Å². The third-order valence-corrected chi connectivity index (χ3v) is 1.86. The third kappa shape index (κ3) is 3.51. The molecule has 0 fully saturated rings. The zero-order valence-corrected chi connectivity index (χ0v) is 9.76. The summed E-state index contributed by atoms with van der Waals surface area (Å²) in [4.78, 5) is 14.4. The van der Waals surface area contributed by atoms with Crippen LogP contribution in [0, 0.1) is 0 Å². The van der Waals surface area contributed by atoms with E-state index >= 15 is 0 Å². The summed E-state index contributed by atoms with van der Waals surface area (Å²) in [5.41, 5.74) is 0.560. The Hall–Kier alpha value is -0.810. The Morgan fingerprint density at radius 2 is 2.36 bits per heavy atom. The molecule has 6 heteroatoms. The number of pyridine rings is 1. The number of nitrogens with zero attached hydrogens (tertiary/aromatic N) is 1. The topological polar surface area (TPSA) is 59.4 Å². The van der Waals surface area contributed by atoms with Gasteiger partial charge in [-0.2, -0.15) is 0 Å². The number of ether oxygens (including phenoxy) is 1. The summed E-state index contributed by atoms with van der Waals surface area (Å²) >= 11 is 3.20. The predicted octanol–water partition coefficient (Wildman–Crippen LogP) is 1.90. The van der Waals surface area contributed by atoms with Gasteiger partial charge in [-0.1, -0.05) is 0 Å². The first-order valence-electron chi connectivity index (χ1n) is 3.53. The molecule has 0 aromatic carbocycles. The molecule has 0 aliphatic heterocycles. The van der Waals surface area contributed by atoms with Crippen molar-refractivity contribution in [2.45, 2.75) is 6.42 Å². The number of hydrogen-bond acceptors (Lipinski definition) is 3. The van der Waals surface area contributed by atoms with Gasteiger partial charge in [0.25, 0.3) is 0 Å². The minimum atomic E-state index is -0.904. The van der Waals surface area contributed by atoms with Crippen LogP contribution in [-0.2, 0) is 11.2 Å². The number of carboxylic acid groups (broad SMARTS) is 1. The number of carboxylic acids is 1. The number of rotatable bonds is 3. The molecule has 0 spiro atoms. The van der Waals surface area contributed by atoms with E-state index in [4.69, 9.17) is 9.84 Å². The first-order chi connectivity index (χ1) is 6.13. The number of methoxy groups -OCH3 is 1. The number of carbonyl (C=O) groups is 1. The molecule has 78 valence electrons. The SMILES string of the molecule is COc1ncc(Br)cc1CC(=O)O.Cl. The molecule has 0 aliphatic rings. The maximum Gasteiger partial charge on any atom is 0.308 e. The van der Waals surface area contributed by atoms with E-state index in [0.29, 0.717) is 11.4 Å². The molecule has 1 aromatic rings. The molecule has 0 aliphatic carbocycles. The van der Waals surface area contributed by atoms with Crippen LogP contribution in [0.4, 0.5) is 0 Å². The predicted molar refractivity (Wildman–Crippen MR) is 57.1 cm³/mol. The number of aromatic nitrogens is 1. The van der Waals surface area contributed by atoms with Crippen molar-refractivity contribution < 1.29 is 14.6 Å². The minimum absolute atomic E-state index is 0. The van der Waals surface area contributed by atoms with Gasteiger partial charge in [-0.3, -0.25) is 4.79 Å². The minimum Gasteiger partial charge on any atom is -0.481 e. The second-order valence-electron chi connectivity index (χ2n) is 2.39. The highest BCUT2D eigenvalue weighted by Crippen LogP contribution is 2.19. The molecule has 1 N–H and O–H groups in total. The van der Waals surface area contributed by atoms with Crippen molar-refractivity contribution in [3.63, 3.8) is 0 Å². The third-order valence-electron chi connectivity index (χ3n) is 1.43. The molecule has 0 atom stereocenters. The van der Waals surface area contributed by atoms with Crippen molar-refractivity contribution in [3.05, 3.63) is 22.3 Å². The maximum absolute atomic E-state index is 10.4. The van der Waals surface area contributed by atoms with Gasteiger partial charge in [0.05, 0.1) is 13.5 Å². The maximum atomic E-state index is 10.4. The fraction of sp³-hybridized carbons (Fsp3) is 0.250. The van der Waals surface area contributed by atoms with Gasteiger partial charge in [0.2, 0.25) is 5.88 Å². The first-order valence-corrected chi connectivity index (χ1v) is 4.33. The van der Waals surface area contributed by atoms with Crippen LogP contribution in [0.15, 0.2) is 16.7 Å². The molecule has 0 amide bonds. The van der Waals surface area contributed by atoms with E-state index in [-0.39, 0.29) is 18.8 Å². The summed E-state index contributed by atoms with van der Waals surface area (Å²) in [6.07, 6.45) is 1.47. The lowest BCUT2D eigenvalue weighted by Crippen LogP contribution is -2.03. The van der Waals surface area contributed by atoms with Gasteiger partial charge in [-0.15, -0.1) is 12.4 Å². The molecule has 1 rings (SSSR count). The summed E-state index contributed by atoms with van der Waals surface area (Å²) < 4.78 is 5.65. The summed E-state index contributed by atoms with van der Waals surface area (Å²) in [5, 5.41) is 8.58. The smallest absolute Gasteiger partial charge is 0.308 e. The number of hydrogen-bond donors (Lipinski definition) is 1. The van der Waals surface area contributed by atoms with Crippen LogP contribution in [0.5, 0.6) is 5.88 Å². The normalized spacial score (nSPS) is 9.00. The second kappa shape index (κ2) is 5.82. The lowest BCUT2D eigenvalue weighted by molar-refractivity contribution is -0.136. The number of halogens is 2. The molecule has 1 heterocycles. The quantitative estimate of drug-likeness (QED) is 0.920. The second-order valence-corrected chi connectivity index (χ2v) is 3.31. The number of aliphatic carboxylic acids is 1. The molecule has 0 radical (unpaired) electrons. The van der Waals surface area contributed by atoms with Gasteiger partial charge >= 0.3 is 5.97 Å². The zero-order chi connectivity index (χ0) is 9.84. The Morgan fingerprint density at radius 1 is 1.71 bits per heavy atom. The van der Waals surface area contributed by atoms with E-state index in [1.165, 1.54) is 7.11 Å². The summed E-state index contributed by atoms with van der Waals surface area (Å²) in [7, 11) is 1.46. The fourth-order valence-corrected chi connectivity index (χ4v) is 1.32. The highest BCUT2D eigenvalue weighted by atomic mass is 79.9. The van der Waals surface area contributed by atoms with E-state index in [0.717, 1.165) is 4.47 Å². The lowest BCUT2D eigenvalue weighted by atomic mass is 10.2. The van der Waals surface area contributed by atoms with E-state index in [1.54, 1.807) is 12.3 Å². The summed E-state index contributed by atoms with van der Waals surface area (Å²) in [5.74, 6) is -0.552.